The third kappa shape index (κ3) is 1.65. The molecule has 0 spiro atoms. The van der Waals surface area contributed by atoms with E-state index in [-0.39, 0.29) is 5.82 Å². The number of hydrogen-bond acceptors (Lipinski definition) is 1. The molecule has 0 saturated heterocycles. The average molecular weight is 333 g/mol. The van der Waals surface area contributed by atoms with Gasteiger partial charge in [0.1, 0.15) is 0 Å². The van der Waals surface area contributed by atoms with Gasteiger partial charge in [0.25, 0.3) is 0 Å². The molecule has 0 nitrogen and oxygen atoms in total. The zero-order valence-electron chi connectivity index (χ0n) is 4.74. The summed E-state index contributed by atoms with van der Waals surface area (Å²) in [7, 11) is 0. The molecule has 0 saturated carbocycles. The molecule has 4 heteroatoms. The van der Waals surface area contributed by atoms with E-state index in [9.17, 15) is 4.39 Å². The highest BCUT2D eigenvalue weighted by atomic mass is 127. The first-order chi connectivity index (χ1) is 4.63. The molecule has 0 N–H and O–H groups in total. The maximum Gasteiger partial charge on any atom is 0.151 e. The molecule has 0 amide bonds. The van der Waals surface area contributed by atoms with Gasteiger partial charge in [0.05, 0.1) is 8.04 Å². The van der Waals surface area contributed by atoms with Crippen LogP contribution in [0.5, 0.6) is 0 Å². The lowest BCUT2D eigenvalue weighted by Crippen LogP contribution is -1.83. The van der Waals surface area contributed by atoms with Gasteiger partial charge in [0.2, 0.25) is 0 Å². The number of benzene rings is 1. The van der Waals surface area contributed by atoms with Gasteiger partial charge in [-0.25, -0.2) is 4.39 Å². The lowest BCUT2D eigenvalue weighted by Gasteiger charge is -1.99. The van der Waals surface area contributed by atoms with Crippen LogP contribution in [0.4, 0.5) is 4.39 Å². The lowest BCUT2D eigenvalue weighted by atomic mass is 10.3. The summed E-state index contributed by atoms with van der Waals surface area (Å²) in [6, 6.07) is 3.43. The van der Waals surface area contributed by atoms with Crippen LogP contribution in [0.2, 0.25) is 0 Å². The summed E-state index contributed by atoms with van der Waals surface area (Å²) >= 11 is 9.03. The highest BCUT2D eigenvalue weighted by molar-refractivity contribution is 14.1. The Morgan fingerprint density at radius 3 is 2.60 bits per heavy atom. The minimum atomic E-state index is -0.242. The van der Waals surface area contributed by atoms with Crippen LogP contribution in [0.25, 0.3) is 0 Å². The molecule has 10 heavy (non-hydrogen) atoms. The summed E-state index contributed by atoms with van der Waals surface area (Å²) in [5, 5.41) is 0. The van der Waals surface area contributed by atoms with Crippen LogP contribution in [0.3, 0.4) is 0 Å². The van der Waals surface area contributed by atoms with Gasteiger partial charge >= 0.3 is 0 Å². The molecule has 1 aromatic carbocycles. The van der Waals surface area contributed by atoms with Crippen molar-refractivity contribution in [3.63, 3.8) is 0 Å². The normalized spacial score (nSPS) is 10.0. The molecular formula is C6H3BrFIS. The van der Waals surface area contributed by atoms with Gasteiger partial charge in [-0.3, -0.25) is 0 Å². The second-order valence-corrected chi connectivity index (χ2v) is 4.13. The van der Waals surface area contributed by atoms with Crippen LogP contribution < -0.4 is 0 Å². The Kier molecular flexibility index (Phi) is 3.00. The van der Waals surface area contributed by atoms with E-state index < -0.39 is 0 Å². The highest BCUT2D eigenvalue weighted by Gasteiger charge is 2.05. The zero-order valence-corrected chi connectivity index (χ0v) is 9.37. The molecule has 0 bridgehead atoms. The van der Waals surface area contributed by atoms with E-state index in [1.807, 2.05) is 22.6 Å². The fourth-order valence-electron chi connectivity index (χ4n) is 0.516. The molecule has 0 heterocycles. The molecule has 0 aliphatic rings. The second kappa shape index (κ2) is 3.40. The first-order valence-electron chi connectivity index (χ1n) is 2.45. The molecular weight excluding hydrogens is 330 g/mol. The van der Waals surface area contributed by atoms with E-state index in [0.717, 1.165) is 0 Å². The Balaban J connectivity index is 3.34. The van der Waals surface area contributed by atoms with Gasteiger partial charge in [-0.1, -0.05) is 0 Å². The topological polar surface area (TPSA) is 0 Å². The van der Waals surface area contributed by atoms with Gasteiger partial charge in [0, 0.05) is 4.90 Å². The minimum Gasteiger partial charge on any atom is -0.205 e. The minimum absolute atomic E-state index is 0.242. The van der Waals surface area contributed by atoms with Gasteiger partial charge in [0.15, 0.2) is 5.82 Å². The smallest absolute Gasteiger partial charge is 0.151 e. The number of thiol groups is 1. The van der Waals surface area contributed by atoms with Gasteiger partial charge in [-0.05, 0) is 50.7 Å². The fourth-order valence-corrected chi connectivity index (χ4v) is 1.85. The molecule has 0 aromatic heterocycles. The van der Waals surface area contributed by atoms with Crippen LogP contribution in [0.15, 0.2) is 21.5 Å². The van der Waals surface area contributed by atoms with E-state index in [1.54, 1.807) is 12.1 Å². The summed E-state index contributed by atoms with van der Waals surface area (Å²) in [5.41, 5.74) is 0. The summed E-state index contributed by atoms with van der Waals surface area (Å²) in [4.78, 5) is 0.623. The lowest BCUT2D eigenvalue weighted by molar-refractivity contribution is 0.609. The predicted octanol–water partition coefficient (Wildman–Crippen LogP) is 3.48. The molecule has 0 aliphatic carbocycles. The summed E-state index contributed by atoms with van der Waals surface area (Å²) in [5.74, 6) is -0.242. The fraction of sp³-hybridized carbons (Fsp3) is 0. The van der Waals surface area contributed by atoms with E-state index in [2.05, 4.69) is 28.6 Å². The monoisotopic (exact) mass is 332 g/mol. The van der Waals surface area contributed by atoms with E-state index in [1.165, 1.54) is 0 Å². The summed E-state index contributed by atoms with van der Waals surface area (Å²) in [6.07, 6.45) is 0. The largest absolute Gasteiger partial charge is 0.205 e. The predicted molar refractivity (Wildman–Crippen MR) is 54.1 cm³/mol. The zero-order chi connectivity index (χ0) is 7.72. The van der Waals surface area contributed by atoms with E-state index >= 15 is 0 Å². The van der Waals surface area contributed by atoms with Crippen LogP contribution in [-0.2, 0) is 0 Å². The Labute approximate surface area is 85.9 Å². The average Bonchev–Trinajstić information content (AvgIpc) is 1.93. The van der Waals surface area contributed by atoms with Crippen molar-refractivity contribution < 1.29 is 4.39 Å². The number of hydrogen-bond donors (Lipinski definition) is 1. The van der Waals surface area contributed by atoms with Crippen molar-refractivity contribution in [3.8, 4) is 0 Å². The highest BCUT2D eigenvalue weighted by Crippen LogP contribution is 2.26. The molecule has 0 radical (unpaired) electrons. The molecule has 0 atom stereocenters. The van der Waals surface area contributed by atoms with Gasteiger partial charge in [-0.2, -0.15) is 0 Å². The molecule has 1 rings (SSSR count). The molecule has 1 aromatic rings. The Morgan fingerprint density at radius 2 is 2.10 bits per heavy atom. The quantitative estimate of drug-likeness (QED) is 0.420. The van der Waals surface area contributed by atoms with Crippen LogP contribution in [-0.4, -0.2) is 0 Å². The Morgan fingerprint density at radius 1 is 1.50 bits per heavy atom. The standard InChI is InChI=1S/C6H3BrFIS/c7-5-4(10)2-1-3(9)6(5)8/h1-2,10H. The Bertz CT molecular complexity index is 237. The summed E-state index contributed by atoms with van der Waals surface area (Å²) in [6.45, 7) is 0. The van der Waals surface area contributed by atoms with Crippen LogP contribution in [0.1, 0.15) is 0 Å². The van der Waals surface area contributed by atoms with Crippen molar-refractivity contribution in [3.05, 3.63) is 26.0 Å². The third-order valence-electron chi connectivity index (χ3n) is 1.01. The first kappa shape index (κ1) is 8.80. The van der Waals surface area contributed by atoms with Crippen molar-refractivity contribution in [2.75, 3.05) is 0 Å². The molecule has 0 unspecified atom stereocenters. The van der Waals surface area contributed by atoms with Crippen molar-refractivity contribution in [2.24, 2.45) is 0 Å². The van der Waals surface area contributed by atoms with Gasteiger partial charge in [-0.15, -0.1) is 12.6 Å². The SMILES string of the molecule is Fc1c(I)ccc(S)c1Br. The van der Waals surface area contributed by atoms with Crippen molar-refractivity contribution in [2.45, 2.75) is 4.90 Å². The Hall–Kier alpha value is 0.710. The van der Waals surface area contributed by atoms with Crippen LogP contribution >= 0.6 is 51.1 Å². The third-order valence-corrected chi connectivity index (χ3v) is 3.30. The van der Waals surface area contributed by atoms with Crippen molar-refractivity contribution in [1.29, 1.82) is 0 Å². The number of rotatable bonds is 0. The molecule has 0 aliphatic heterocycles. The maximum absolute atomic E-state index is 12.9. The summed E-state index contributed by atoms with van der Waals surface area (Å²) < 4.78 is 13.9. The second-order valence-electron chi connectivity index (χ2n) is 1.69. The first-order valence-corrected chi connectivity index (χ1v) is 4.77. The molecule has 0 fully saturated rings. The maximum atomic E-state index is 12.9. The van der Waals surface area contributed by atoms with E-state index in [4.69, 9.17) is 0 Å². The van der Waals surface area contributed by atoms with Crippen LogP contribution in [0, 0.1) is 9.39 Å². The van der Waals surface area contributed by atoms with Gasteiger partial charge < -0.3 is 0 Å². The number of halogens is 3. The van der Waals surface area contributed by atoms with Crippen molar-refractivity contribution >= 4 is 51.1 Å². The van der Waals surface area contributed by atoms with E-state index in [0.29, 0.717) is 12.9 Å². The van der Waals surface area contributed by atoms with Crippen molar-refractivity contribution in [1.82, 2.24) is 0 Å². The molecule has 54 valence electrons.